The number of carbonyl (C=O) groups is 1. The second kappa shape index (κ2) is 6.45. The van der Waals surface area contributed by atoms with Gasteiger partial charge in [-0.15, -0.1) is 11.3 Å². The molecule has 0 spiro atoms. The second-order valence-electron chi connectivity index (χ2n) is 6.05. The van der Waals surface area contributed by atoms with Crippen molar-refractivity contribution in [2.24, 2.45) is 0 Å². The Labute approximate surface area is 144 Å². The molecule has 2 aliphatic heterocycles. The molecule has 3 heterocycles. The van der Waals surface area contributed by atoms with Gasteiger partial charge in [0, 0.05) is 25.1 Å². The monoisotopic (exact) mass is 345 g/mol. The molecule has 1 atom stereocenters. The number of thiophene rings is 1. The third-order valence-corrected chi connectivity index (χ3v) is 5.45. The first-order chi connectivity index (χ1) is 11.7. The highest BCUT2D eigenvalue weighted by atomic mass is 32.1. The van der Waals surface area contributed by atoms with Crippen LogP contribution >= 0.6 is 11.3 Å². The van der Waals surface area contributed by atoms with Crippen LogP contribution in [0.4, 0.5) is 0 Å². The minimum atomic E-state index is 0.0295. The Morgan fingerprint density at radius 3 is 2.96 bits per heavy atom. The van der Waals surface area contributed by atoms with Crippen molar-refractivity contribution in [2.45, 2.75) is 25.5 Å². The third kappa shape index (κ3) is 2.99. The fourth-order valence-electron chi connectivity index (χ4n) is 3.02. The lowest BCUT2D eigenvalue weighted by Gasteiger charge is -2.16. The van der Waals surface area contributed by atoms with Crippen molar-refractivity contribution in [3.05, 3.63) is 45.6 Å². The van der Waals surface area contributed by atoms with Crippen LogP contribution < -0.4 is 9.47 Å². The number of hydrogen-bond donors (Lipinski definition) is 0. The van der Waals surface area contributed by atoms with Crippen LogP contribution in [-0.4, -0.2) is 31.3 Å². The van der Waals surface area contributed by atoms with E-state index < -0.39 is 0 Å². The minimum Gasteiger partial charge on any atom is -0.454 e. The zero-order valence-electron chi connectivity index (χ0n) is 13.5. The lowest BCUT2D eigenvalue weighted by atomic mass is 10.2. The van der Waals surface area contributed by atoms with E-state index >= 15 is 0 Å². The summed E-state index contributed by atoms with van der Waals surface area (Å²) in [6.45, 7) is 1.60. The molecule has 0 unspecified atom stereocenters. The van der Waals surface area contributed by atoms with Crippen LogP contribution in [0.3, 0.4) is 0 Å². The minimum absolute atomic E-state index is 0.0295. The number of hydrogen-bond acceptors (Lipinski definition) is 5. The van der Waals surface area contributed by atoms with Crippen LogP contribution in [-0.2, 0) is 11.3 Å². The van der Waals surface area contributed by atoms with Gasteiger partial charge >= 0.3 is 0 Å². The van der Waals surface area contributed by atoms with E-state index in [-0.39, 0.29) is 18.8 Å². The first kappa shape index (κ1) is 15.5. The summed E-state index contributed by atoms with van der Waals surface area (Å²) in [5.74, 6) is 1.53. The van der Waals surface area contributed by atoms with Crippen LogP contribution in [0.1, 0.15) is 39.1 Å². The number of fused-ring (bicyclic) bond motifs is 1. The third-order valence-electron chi connectivity index (χ3n) is 4.29. The van der Waals surface area contributed by atoms with Gasteiger partial charge in [-0.05, 0) is 42.7 Å². The second-order valence-corrected chi connectivity index (χ2v) is 7.17. The van der Waals surface area contributed by atoms with Crippen molar-refractivity contribution in [1.29, 1.82) is 0 Å². The summed E-state index contributed by atoms with van der Waals surface area (Å²) in [6, 6.07) is 9.70. The number of rotatable bonds is 4. The maximum atomic E-state index is 12.7. The molecule has 1 amide bonds. The average molecular weight is 345 g/mol. The smallest absolute Gasteiger partial charge is 0.263 e. The molecule has 1 aromatic carbocycles. The highest BCUT2D eigenvalue weighted by molar-refractivity contribution is 7.14. The lowest BCUT2D eigenvalue weighted by Crippen LogP contribution is -2.25. The average Bonchev–Trinajstić information content (AvgIpc) is 3.32. The standard InChI is InChI=1S/C18H19NO4S/c1-19(10-12-4-5-13-15(9-12)23-11-22-13)18(20)17-7-6-16(24-17)14-3-2-8-21-14/h4-7,9,14H,2-3,8,10-11H2,1H3/t14-/m1/s1. The molecule has 0 aliphatic carbocycles. The van der Waals surface area contributed by atoms with E-state index in [2.05, 4.69) is 0 Å². The van der Waals surface area contributed by atoms with Gasteiger partial charge in [0.15, 0.2) is 11.5 Å². The first-order valence-electron chi connectivity index (χ1n) is 8.06. The van der Waals surface area contributed by atoms with Crippen molar-refractivity contribution in [1.82, 2.24) is 4.90 Å². The van der Waals surface area contributed by atoms with E-state index in [1.807, 2.05) is 37.4 Å². The molecule has 5 nitrogen and oxygen atoms in total. The Bertz CT molecular complexity index is 751. The fourth-order valence-corrected chi connectivity index (χ4v) is 4.10. The summed E-state index contributed by atoms with van der Waals surface area (Å²) in [4.78, 5) is 16.3. The van der Waals surface area contributed by atoms with Crippen LogP contribution in [0.5, 0.6) is 11.5 Å². The van der Waals surface area contributed by atoms with Crippen molar-refractivity contribution in [3.8, 4) is 11.5 Å². The van der Waals surface area contributed by atoms with Gasteiger partial charge in [0.2, 0.25) is 6.79 Å². The molecule has 2 aliphatic rings. The van der Waals surface area contributed by atoms with Crippen LogP contribution in [0.15, 0.2) is 30.3 Å². The van der Waals surface area contributed by atoms with E-state index in [9.17, 15) is 4.79 Å². The van der Waals surface area contributed by atoms with Gasteiger partial charge in [0.1, 0.15) is 0 Å². The zero-order valence-corrected chi connectivity index (χ0v) is 14.3. The van der Waals surface area contributed by atoms with E-state index in [0.717, 1.165) is 46.3 Å². The number of nitrogens with zero attached hydrogens (tertiary/aromatic N) is 1. The van der Waals surface area contributed by atoms with Crippen molar-refractivity contribution in [2.75, 3.05) is 20.4 Å². The van der Waals surface area contributed by atoms with E-state index in [1.54, 1.807) is 4.90 Å². The first-order valence-corrected chi connectivity index (χ1v) is 8.88. The van der Waals surface area contributed by atoms with Gasteiger partial charge in [-0.25, -0.2) is 0 Å². The summed E-state index contributed by atoms with van der Waals surface area (Å²) in [6.07, 6.45) is 2.30. The molecule has 126 valence electrons. The lowest BCUT2D eigenvalue weighted by molar-refractivity contribution is 0.0789. The summed E-state index contributed by atoms with van der Waals surface area (Å²) in [5, 5.41) is 0. The highest BCUT2D eigenvalue weighted by Crippen LogP contribution is 2.34. The van der Waals surface area contributed by atoms with Gasteiger partial charge in [-0.3, -0.25) is 4.79 Å². The number of amides is 1. The summed E-state index contributed by atoms with van der Waals surface area (Å²) >= 11 is 1.54. The van der Waals surface area contributed by atoms with Gasteiger partial charge < -0.3 is 19.1 Å². The molecule has 4 rings (SSSR count). The number of benzene rings is 1. The molecule has 0 radical (unpaired) electrons. The van der Waals surface area contributed by atoms with Crippen molar-refractivity contribution >= 4 is 17.2 Å². The molecule has 0 bridgehead atoms. The maximum absolute atomic E-state index is 12.7. The van der Waals surface area contributed by atoms with Gasteiger partial charge in [0.05, 0.1) is 11.0 Å². The quantitative estimate of drug-likeness (QED) is 0.849. The molecule has 0 saturated carbocycles. The Balaban J connectivity index is 1.44. The van der Waals surface area contributed by atoms with Crippen LogP contribution in [0.2, 0.25) is 0 Å². The normalized spacial score (nSPS) is 18.8. The highest BCUT2D eigenvalue weighted by Gasteiger charge is 2.22. The zero-order chi connectivity index (χ0) is 16.5. The Hall–Kier alpha value is -2.05. The largest absolute Gasteiger partial charge is 0.454 e. The fraction of sp³-hybridized carbons (Fsp3) is 0.389. The summed E-state index contributed by atoms with van der Waals surface area (Å²) in [7, 11) is 1.82. The maximum Gasteiger partial charge on any atom is 0.263 e. The summed E-state index contributed by atoms with van der Waals surface area (Å²) < 4.78 is 16.4. The number of carbonyl (C=O) groups excluding carboxylic acids is 1. The Morgan fingerprint density at radius 2 is 2.12 bits per heavy atom. The molecule has 6 heteroatoms. The molecule has 0 N–H and O–H groups in total. The van der Waals surface area contributed by atoms with Crippen LogP contribution in [0, 0.1) is 0 Å². The Morgan fingerprint density at radius 1 is 1.25 bits per heavy atom. The van der Waals surface area contributed by atoms with Crippen molar-refractivity contribution < 1.29 is 19.0 Å². The molecular formula is C18H19NO4S. The molecule has 1 fully saturated rings. The molecule has 1 saturated heterocycles. The van der Waals surface area contributed by atoms with E-state index in [1.165, 1.54) is 11.3 Å². The van der Waals surface area contributed by atoms with E-state index in [4.69, 9.17) is 14.2 Å². The van der Waals surface area contributed by atoms with Gasteiger partial charge in [-0.1, -0.05) is 6.07 Å². The summed E-state index contributed by atoms with van der Waals surface area (Å²) in [5.41, 5.74) is 1.02. The van der Waals surface area contributed by atoms with Crippen molar-refractivity contribution in [3.63, 3.8) is 0 Å². The van der Waals surface area contributed by atoms with Gasteiger partial charge in [-0.2, -0.15) is 0 Å². The van der Waals surface area contributed by atoms with Gasteiger partial charge in [0.25, 0.3) is 5.91 Å². The number of ether oxygens (including phenoxy) is 3. The SMILES string of the molecule is CN(Cc1ccc2c(c1)OCO2)C(=O)c1ccc([C@H]2CCCO2)s1. The molecule has 24 heavy (non-hydrogen) atoms. The molecule has 1 aromatic heterocycles. The predicted molar refractivity (Wildman–Crippen MR) is 90.6 cm³/mol. The van der Waals surface area contributed by atoms with E-state index in [0.29, 0.717) is 6.54 Å². The van der Waals surface area contributed by atoms with Crippen LogP contribution in [0.25, 0.3) is 0 Å². The Kier molecular flexibility index (Phi) is 4.16. The molecular weight excluding hydrogens is 326 g/mol. The topological polar surface area (TPSA) is 48.0 Å². The molecule has 2 aromatic rings. The predicted octanol–water partition coefficient (Wildman–Crippen LogP) is 3.60.